The molecule has 254 valence electrons. The molecule has 1 aliphatic carbocycles. The molecule has 0 saturated carbocycles. The van der Waals surface area contributed by atoms with Crippen LogP contribution in [0.4, 0.5) is 17.1 Å². The fraction of sp³-hybridized carbons (Fsp3) is 0.0588. The van der Waals surface area contributed by atoms with Crippen molar-refractivity contribution in [1.82, 2.24) is 4.57 Å². The van der Waals surface area contributed by atoms with Crippen LogP contribution in [0.1, 0.15) is 25.0 Å². The van der Waals surface area contributed by atoms with Crippen LogP contribution in [0.15, 0.2) is 174 Å². The summed E-state index contributed by atoms with van der Waals surface area (Å²) < 4.78 is 9.25. The molecular weight excluding hydrogens is 657 g/mol. The molecule has 0 radical (unpaired) electrons. The number of fused-ring (bicyclic) bond motifs is 7. The molecule has 1 aliphatic rings. The summed E-state index contributed by atoms with van der Waals surface area (Å²) in [5.41, 5.74) is 13.9. The lowest BCUT2D eigenvalue weighted by Gasteiger charge is -2.26. The predicted octanol–water partition coefficient (Wildman–Crippen LogP) is 14.2. The van der Waals surface area contributed by atoms with Gasteiger partial charge in [0.25, 0.3) is 0 Å². The number of furan rings is 1. The van der Waals surface area contributed by atoms with Crippen LogP contribution in [0.25, 0.3) is 82.1 Å². The molecule has 0 N–H and O–H groups in total. The van der Waals surface area contributed by atoms with Gasteiger partial charge in [-0.05, 0) is 117 Å². The van der Waals surface area contributed by atoms with Gasteiger partial charge in [0, 0.05) is 49.7 Å². The van der Waals surface area contributed by atoms with Crippen LogP contribution in [0.2, 0.25) is 0 Å². The van der Waals surface area contributed by atoms with Crippen molar-refractivity contribution in [3.05, 3.63) is 181 Å². The minimum absolute atomic E-state index is 0.224. The molecule has 0 aliphatic heterocycles. The summed E-state index contributed by atoms with van der Waals surface area (Å²) >= 11 is 0. The molecule has 12 rings (SSSR count). The molecule has 11 aromatic rings. The Labute approximate surface area is 312 Å². The van der Waals surface area contributed by atoms with Crippen molar-refractivity contribution in [2.75, 3.05) is 4.90 Å². The molecule has 0 fully saturated rings. The van der Waals surface area contributed by atoms with Crippen LogP contribution >= 0.6 is 0 Å². The standard InChI is InChI=1S/C51H34N2O/c1-51(2)41-22-12-11-20-37(41)40-30-39-36-19-10-9-18-35(36)38-21-13-23-43-45(38)48-44(54-43)29-28-42-47(48)46(39)50(49(40)51)53(42)34-26-24-33(25-27-34)52(31-14-5-3-6-15-31)32-16-7-4-8-17-32/h3-30H,1-2H3. The third kappa shape index (κ3) is 3.80. The van der Waals surface area contributed by atoms with Gasteiger partial charge in [-0.2, -0.15) is 0 Å². The van der Waals surface area contributed by atoms with Gasteiger partial charge in [0.05, 0.1) is 11.0 Å². The van der Waals surface area contributed by atoms with Crippen LogP contribution in [0, 0.1) is 0 Å². The number of anilines is 3. The van der Waals surface area contributed by atoms with E-state index in [-0.39, 0.29) is 5.41 Å². The van der Waals surface area contributed by atoms with Crippen molar-refractivity contribution < 1.29 is 4.42 Å². The van der Waals surface area contributed by atoms with Crippen LogP contribution in [0.3, 0.4) is 0 Å². The van der Waals surface area contributed by atoms with E-state index in [4.69, 9.17) is 4.42 Å². The maximum Gasteiger partial charge on any atom is 0.136 e. The van der Waals surface area contributed by atoms with Crippen LogP contribution in [-0.4, -0.2) is 4.57 Å². The van der Waals surface area contributed by atoms with E-state index in [0.717, 1.165) is 33.9 Å². The molecule has 2 aromatic heterocycles. The summed E-state index contributed by atoms with van der Waals surface area (Å²) in [5.74, 6) is 0. The molecule has 3 nitrogen and oxygen atoms in total. The lowest BCUT2D eigenvalue weighted by atomic mass is 9.81. The van der Waals surface area contributed by atoms with E-state index in [1.165, 1.54) is 76.4 Å². The summed E-state index contributed by atoms with van der Waals surface area (Å²) in [4.78, 5) is 2.33. The van der Waals surface area contributed by atoms with Gasteiger partial charge >= 0.3 is 0 Å². The Balaban J connectivity index is 1.25. The highest BCUT2D eigenvalue weighted by Crippen LogP contribution is 2.56. The molecule has 9 aromatic carbocycles. The first-order valence-corrected chi connectivity index (χ1v) is 18.8. The molecule has 0 spiro atoms. The summed E-state index contributed by atoms with van der Waals surface area (Å²) in [6.07, 6.45) is 0. The van der Waals surface area contributed by atoms with Gasteiger partial charge in [0.15, 0.2) is 0 Å². The highest BCUT2D eigenvalue weighted by Gasteiger charge is 2.39. The molecule has 0 amide bonds. The average Bonchev–Trinajstić information content (AvgIpc) is 3.84. The van der Waals surface area contributed by atoms with Crippen molar-refractivity contribution in [3.63, 3.8) is 0 Å². The molecule has 54 heavy (non-hydrogen) atoms. The second kappa shape index (κ2) is 10.6. The number of rotatable bonds is 4. The Morgan fingerprint density at radius 3 is 1.81 bits per heavy atom. The maximum absolute atomic E-state index is 6.70. The van der Waals surface area contributed by atoms with Gasteiger partial charge < -0.3 is 13.9 Å². The van der Waals surface area contributed by atoms with E-state index in [1.54, 1.807) is 0 Å². The van der Waals surface area contributed by atoms with Crippen LogP contribution in [0.5, 0.6) is 0 Å². The van der Waals surface area contributed by atoms with Gasteiger partial charge in [-0.3, -0.25) is 0 Å². The summed E-state index contributed by atoms with van der Waals surface area (Å²) in [7, 11) is 0. The SMILES string of the molecule is CC1(C)c2ccccc2-c2cc3c4ccccc4c4cccc5oc6ccc7c(c6c54)c3c(c21)n7-c1ccc(N(c2ccccc2)c2ccccc2)cc1. The zero-order chi connectivity index (χ0) is 35.7. The lowest BCUT2D eigenvalue weighted by Crippen LogP contribution is -2.16. The number of hydrogen-bond donors (Lipinski definition) is 0. The minimum atomic E-state index is -0.224. The Morgan fingerprint density at radius 2 is 1.07 bits per heavy atom. The van der Waals surface area contributed by atoms with E-state index >= 15 is 0 Å². The van der Waals surface area contributed by atoms with Gasteiger partial charge in [0.2, 0.25) is 0 Å². The third-order valence-electron chi connectivity index (χ3n) is 12.1. The van der Waals surface area contributed by atoms with Gasteiger partial charge in [-0.1, -0.05) is 111 Å². The number of nitrogens with zero attached hydrogens (tertiary/aromatic N) is 2. The molecule has 0 atom stereocenters. The molecule has 0 unspecified atom stereocenters. The van der Waals surface area contributed by atoms with Crippen LogP contribution in [-0.2, 0) is 5.41 Å². The van der Waals surface area contributed by atoms with Crippen LogP contribution < -0.4 is 4.90 Å². The molecule has 2 heterocycles. The Hall–Kier alpha value is -6.84. The summed E-state index contributed by atoms with van der Waals surface area (Å²) in [5, 5.41) is 9.90. The van der Waals surface area contributed by atoms with E-state index < -0.39 is 0 Å². The molecule has 0 bridgehead atoms. The summed E-state index contributed by atoms with van der Waals surface area (Å²) in [6, 6.07) is 61.9. The normalized spacial score (nSPS) is 13.5. The van der Waals surface area contributed by atoms with Gasteiger partial charge in [-0.25, -0.2) is 0 Å². The first-order chi connectivity index (χ1) is 26.6. The zero-order valence-corrected chi connectivity index (χ0v) is 30.0. The number of para-hydroxylation sites is 2. The quantitative estimate of drug-likeness (QED) is 0.183. The van der Waals surface area contributed by atoms with E-state index in [2.05, 4.69) is 193 Å². The Kier molecular flexibility index (Phi) is 5.84. The number of aromatic nitrogens is 1. The molecular formula is C51H34N2O. The Morgan fingerprint density at radius 1 is 0.463 bits per heavy atom. The van der Waals surface area contributed by atoms with E-state index in [1.807, 2.05) is 0 Å². The monoisotopic (exact) mass is 690 g/mol. The predicted molar refractivity (Wildman–Crippen MR) is 227 cm³/mol. The topological polar surface area (TPSA) is 21.3 Å². The smallest absolute Gasteiger partial charge is 0.136 e. The minimum Gasteiger partial charge on any atom is -0.456 e. The molecule has 0 saturated heterocycles. The van der Waals surface area contributed by atoms with Crippen molar-refractivity contribution in [2.24, 2.45) is 0 Å². The highest BCUT2D eigenvalue weighted by molar-refractivity contribution is 6.39. The first-order valence-electron chi connectivity index (χ1n) is 18.8. The fourth-order valence-corrected chi connectivity index (χ4v) is 9.86. The maximum atomic E-state index is 6.70. The first kappa shape index (κ1) is 29.7. The van der Waals surface area contributed by atoms with Crippen molar-refractivity contribution >= 4 is 82.4 Å². The van der Waals surface area contributed by atoms with Crippen molar-refractivity contribution in [1.29, 1.82) is 0 Å². The fourth-order valence-electron chi connectivity index (χ4n) is 9.86. The Bertz CT molecular complexity index is 3240. The molecule has 3 heteroatoms. The van der Waals surface area contributed by atoms with Crippen molar-refractivity contribution in [3.8, 4) is 16.8 Å². The second-order valence-corrected chi connectivity index (χ2v) is 15.3. The van der Waals surface area contributed by atoms with Crippen molar-refractivity contribution in [2.45, 2.75) is 19.3 Å². The zero-order valence-electron chi connectivity index (χ0n) is 30.0. The summed E-state index contributed by atoms with van der Waals surface area (Å²) in [6.45, 7) is 4.81. The van der Waals surface area contributed by atoms with Gasteiger partial charge in [-0.15, -0.1) is 0 Å². The van der Waals surface area contributed by atoms with E-state index in [0.29, 0.717) is 0 Å². The number of hydrogen-bond acceptors (Lipinski definition) is 2. The number of benzene rings is 8. The largest absolute Gasteiger partial charge is 0.456 e. The third-order valence-corrected chi connectivity index (χ3v) is 12.1. The highest BCUT2D eigenvalue weighted by atomic mass is 16.3. The lowest BCUT2D eigenvalue weighted by molar-refractivity contribution is 0.664. The van der Waals surface area contributed by atoms with Gasteiger partial charge in [0.1, 0.15) is 11.2 Å². The second-order valence-electron chi connectivity index (χ2n) is 15.3. The average molecular weight is 691 g/mol. The van der Waals surface area contributed by atoms with E-state index in [9.17, 15) is 0 Å².